The van der Waals surface area contributed by atoms with Crippen molar-refractivity contribution in [3.8, 4) is 101 Å². The van der Waals surface area contributed by atoms with Gasteiger partial charge in [0.25, 0.3) is 0 Å². The highest BCUT2D eigenvalue weighted by Crippen LogP contribution is 2.54. The summed E-state index contributed by atoms with van der Waals surface area (Å²) in [5.74, 6) is 0.501. The molecule has 12 rings (SSSR count). The van der Waals surface area contributed by atoms with E-state index in [0.29, 0.717) is 22.6 Å². The molecule has 2 aliphatic rings. The molecule has 0 amide bonds. The molecule has 314 valence electrons. The van der Waals surface area contributed by atoms with Gasteiger partial charge in [0.2, 0.25) is 9.84 Å². The van der Waals surface area contributed by atoms with Crippen molar-refractivity contribution >= 4 is 9.84 Å². The minimum Gasteiger partial charge on any atom is -0.264 e. The first-order chi connectivity index (χ1) is 32.2. The molecule has 0 N–H and O–H groups in total. The number of fused-ring (bicyclic) bond motifs is 12. The van der Waals surface area contributed by atoms with Crippen LogP contribution < -0.4 is 0 Å². The number of nitrogens with zero attached hydrogens (tertiary/aromatic N) is 4. The second-order valence-electron chi connectivity index (χ2n) is 17.4. The van der Waals surface area contributed by atoms with Crippen LogP contribution in [0.25, 0.3) is 101 Å². The molecular formula is C59H40N4O2S. The Kier molecular flexibility index (Phi) is 9.12. The number of pyridine rings is 2. The summed E-state index contributed by atoms with van der Waals surface area (Å²) in [4.78, 5) is 20.1. The summed E-state index contributed by atoms with van der Waals surface area (Å²) in [5.41, 5.74) is 16.2. The van der Waals surface area contributed by atoms with E-state index < -0.39 is 15.3 Å². The van der Waals surface area contributed by atoms with Crippen LogP contribution in [0.5, 0.6) is 0 Å². The van der Waals surface area contributed by atoms with Crippen molar-refractivity contribution in [1.29, 1.82) is 0 Å². The summed E-state index contributed by atoms with van der Waals surface area (Å²) in [6, 6.07) is 62.7. The molecule has 7 aromatic carbocycles. The zero-order chi connectivity index (χ0) is 44.6. The Balaban J connectivity index is 1.16. The monoisotopic (exact) mass is 868 g/mol. The van der Waals surface area contributed by atoms with Crippen molar-refractivity contribution in [2.24, 2.45) is 0 Å². The zero-order valence-electron chi connectivity index (χ0n) is 36.1. The Morgan fingerprint density at radius 1 is 0.379 bits per heavy atom. The van der Waals surface area contributed by atoms with Gasteiger partial charge in [-0.1, -0.05) is 147 Å². The smallest absolute Gasteiger partial charge is 0.207 e. The van der Waals surface area contributed by atoms with Crippen molar-refractivity contribution in [3.05, 3.63) is 218 Å². The summed E-state index contributed by atoms with van der Waals surface area (Å²) in [5, 5.41) is 0. The lowest BCUT2D eigenvalue weighted by molar-refractivity contribution is 0.596. The van der Waals surface area contributed by atoms with E-state index in [1.165, 1.54) is 0 Å². The zero-order valence-corrected chi connectivity index (χ0v) is 37.0. The average molecular weight is 869 g/mol. The lowest BCUT2D eigenvalue weighted by Gasteiger charge is -2.24. The van der Waals surface area contributed by atoms with Crippen LogP contribution in [-0.4, -0.2) is 28.4 Å². The van der Waals surface area contributed by atoms with Crippen LogP contribution in [0.1, 0.15) is 25.0 Å². The molecule has 0 bridgehead atoms. The van der Waals surface area contributed by atoms with Crippen LogP contribution >= 0.6 is 0 Å². The highest BCUT2D eigenvalue weighted by molar-refractivity contribution is 7.91. The first-order valence-electron chi connectivity index (χ1n) is 22.0. The van der Waals surface area contributed by atoms with Crippen LogP contribution in [-0.2, 0) is 15.3 Å². The molecule has 0 radical (unpaired) electrons. The van der Waals surface area contributed by atoms with Crippen molar-refractivity contribution in [1.82, 2.24) is 19.9 Å². The van der Waals surface area contributed by atoms with Gasteiger partial charge in [-0.15, -0.1) is 0 Å². The van der Waals surface area contributed by atoms with Gasteiger partial charge in [-0.25, -0.2) is 18.4 Å². The molecular weight excluding hydrogens is 829 g/mol. The fourth-order valence-electron chi connectivity index (χ4n) is 9.96. The van der Waals surface area contributed by atoms with Crippen LogP contribution in [0, 0.1) is 0 Å². The minimum absolute atomic E-state index is 0.254. The first kappa shape index (κ1) is 39.5. The lowest BCUT2D eigenvalue weighted by Crippen LogP contribution is -2.16. The molecule has 7 heteroatoms. The Morgan fingerprint density at radius 3 is 1.64 bits per heavy atom. The van der Waals surface area contributed by atoms with Gasteiger partial charge in [0.05, 0.1) is 26.9 Å². The van der Waals surface area contributed by atoms with Gasteiger partial charge in [0.15, 0.2) is 5.82 Å². The van der Waals surface area contributed by atoms with Crippen LogP contribution in [0.2, 0.25) is 0 Å². The lowest BCUT2D eigenvalue weighted by atomic mass is 9.81. The minimum atomic E-state index is -4.18. The first-order valence-corrected chi connectivity index (χ1v) is 23.5. The SMILES string of the molecule is CC1(C)c2ccccc2-c2cc3c(cc21)S(=O)(=O)c1ccccc1-c1ccccc1-c1ccccc1-c1ccc(-c2nc(-c4ccccc4)cc(-c4ccc(-c5cccnc5)nc4)n2)cc1-3. The fourth-order valence-corrected chi connectivity index (χ4v) is 11.7. The summed E-state index contributed by atoms with van der Waals surface area (Å²) >= 11 is 0. The van der Waals surface area contributed by atoms with Crippen molar-refractivity contribution in [2.45, 2.75) is 29.1 Å². The Labute approximate surface area is 384 Å². The standard InChI is InChI=1S/C59H40N4O2S/c1-59(2)51-24-12-10-22-46(51)49-32-50-48-31-38(58-62-54(37-15-4-3-5-16-37)34-55(63-58)40-27-29-53(61-36-40)39-17-14-30-60-35-39)26-28-45(48)43-20-7-6-18-41(43)42-19-8-9-21-44(42)47-23-11-13-25-56(47)66(64,65)57(50)33-52(49)59/h3-36H,1-2H3. The number of rotatable bonds is 4. The van der Waals surface area contributed by atoms with Gasteiger partial charge < -0.3 is 0 Å². The molecule has 0 unspecified atom stereocenters. The number of hydrogen-bond acceptors (Lipinski definition) is 6. The van der Waals surface area contributed by atoms with E-state index in [1.807, 2.05) is 115 Å². The van der Waals surface area contributed by atoms with Gasteiger partial charge >= 0.3 is 0 Å². The summed E-state index contributed by atoms with van der Waals surface area (Å²) in [7, 11) is -4.18. The molecule has 0 saturated heterocycles. The van der Waals surface area contributed by atoms with Crippen LogP contribution in [0.3, 0.4) is 0 Å². The summed E-state index contributed by atoms with van der Waals surface area (Å²) < 4.78 is 31.7. The molecule has 10 aromatic rings. The highest BCUT2D eigenvalue weighted by Gasteiger charge is 2.39. The van der Waals surface area contributed by atoms with E-state index >= 15 is 8.42 Å². The maximum Gasteiger partial charge on any atom is 0.207 e. The molecule has 0 fully saturated rings. The second kappa shape index (κ2) is 15.3. The molecule has 1 aliphatic heterocycles. The third-order valence-electron chi connectivity index (χ3n) is 13.3. The predicted molar refractivity (Wildman–Crippen MR) is 264 cm³/mol. The van der Waals surface area contributed by atoms with E-state index in [-0.39, 0.29) is 9.79 Å². The van der Waals surface area contributed by atoms with Crippen molar-refractivity contribution in [3.63, 3.8) is 0 Å². The fraction of sp³-hybridized carbons (Fsp3) is 0.0508. The Bertz CT molecular complexity index is 3680. The third kappa shape index (κ3) is 6.34. The van der Waals surface area contributed by atoms with E-state index in [0.717, 1.165) is 89.3 Å². The van der Waals surface area contributed by atoms with Crippen LogP contribution in [0.4, 0.5) is 0 Å². The van der Waals surface area contributed by atoms with E-state index in [9.17, 15) is 0 Å². The van der Waals surface area contributed by atoms with Gasteiger partial charge in [0.1, 0.15) is 0 Å². The second-order valence-corrected chi connectivity index (χ2v) is 19.3. The molecule has 66 heavy (non-hydrogen) atoms. The molecule has 3 aromatic heterocycles. The Hall–Kier alpha value is -8.13. The average Bonchev–Trinajstić information content (AvgIpc) is 3.60. The van der Waals surface area contributed by atoms with Gasteiger partial charge in [-0.05, 0) is 110 Å². The number of hydrogen-bond donors (Lipinski definition) is 0. The highest BCUT2D eigenvalue weighted by atomic mass is 32.2. The maximum absolute atomic E-state index is 15.9. The molecule has 1 aliphatic carbocycles. The molecule has 0 spiro atoms. The van der Waals surface area contributed by atoms with Gasteiger partial charge in [0, 0.05) is 57.4 Å². The largest absolute Gasteiger partial charge is 0.264 e. The molecule has 0 atom stereocenters. The number of benzene rings is 7. The molecule has 0 saturated carbocycles. The molecule has 6 nitrogen and oxygen atoms in total. The van der Waals surface area contributed by atoms with Gasteiger partial charge in [-0.2, -0.15) is 0 Å². The van der Waals surface area contributed by atoms with Crippen molar-refractivity contribution in [2.75, 3.05) is 0 Å². The van der Waals surface area contributed by atoms with E-state index in [4.69, 9.17) is 15.0 Å². The summed E-state index contributed by atoms with van der Waals surface area (Å²) in [6.45, 7) is 4.37. The molecule has 4 heterocycles. The summed E-state index contributed by atoms with van der Waals surface area (Å²) in [6.07, 6.45) is 5.39. The van der Waals surface area contributed by atoms with E-state index in [2.05, 4.69) is 91.6 Å². The normalized spacial score (nSPS) is 13.7. The van der Waals surface area contributed by atoms with E-state index in [1.54, 1.807) is 18.5 Å². The number of sulfone groups is 1. The maximum atomic E-state index is 15.9. The topological polar surface area (TPSA) is 85.7 Å². The quantitative estimate of drug-likeness (QED) is 0.175. The van der Waals surface area contributed by atoms with Gasteiger partial charge in [-0.3, -0.25) is 9.97 Å². The third-order valence-corrected chi connectivity index (χ3v) is 15.1. The van der Waals surface area contributed by atoms with Crippen LogP contribution in [0.15, 0.2) is 216 Å². The predicted octanol–water partition coefficient (Wildman–Crippen LogP) is 14.1. The Morgan fingerprint density at radius 2 is 0.955 bits per heavy atom. The van der Waals surface area contributed by atoms with Crippen molar-refractivity contribution < 1.29 is 8.42 Å². The number of aromatic nitrogens is 4.